The van der Waals surface area contributed by atoms with Gasteiger partial charge in [-0.1, -0.05) is 30.9 Å². The van der Waals surface area contributed by atoms with Gasteiger partial charge in [-0.25, -0.2) is 9.97 Å². The van der Waals surface area contributed by atoms with Crippen LogP contribution in [0.1, 0.15) is 24.1 Å². The molecule has 0 saturated heterocycles. The second-order valence-corrected chi connectivity index (χ2v) is 10.4. The van der Waals surface area contributed by atoms with Crippen molar-refractivity contribution in [1.29, 1.82) is 0 Å². The van der Waals surface area contributed by atoms with Gasteiger partial charge >= 0.3 is 0 Å². The number of methoxy groups -OCH3 is 1. The van der Waals surface area contributed by atoms with Crippen LogP contribution in [0.2, 0.25) is 0 Å². The number of nitrogens with zero attached hydrogens (tertiary/aromatic N) is 5. The van der Waals surface area contributed by atoms with E-state index in [1.165, 1.54) is 30.2 Å². The van der Waals surface area contributed by atoms with Gasteiger partial charge < -0.3 is 30.1 Å². The second-order valence-electron chi connectivity index (χ2n) is 10.4. The van der Waals surface area contributed by atoms with Crippen LogP contribution in [0.4, 0.5) is 28.7 Å². The molecule has 40 heavy (non-hydrogen) atoms. The van der Waals surface area contributed by atoms with E-state index >= 15 is 0 Å². The predicted octanol–water partition coefficient (Wildman–Crippen LogP) is 4.77. The average molecular weight is 540 g/mol. The van der Waals surface area contributed by atoms with Gasteiger partial charge in [0.2, 0.25) is 11.9 Å². The SMILES string of the molecule is C=CC(=O)Nc1cc(Nc2nccc(C3=CCN(C4CC4)c4ccccc43)n2)c(OC)cc1N(C)CCN(C)C. The molecule has 2 N–H and O–H groups in total. The van der Waals surface area contributed by atoms with Crippen LogP contribution in [0.3, 0.4) is 0 Å². The maximum Gasteiger partial charge on any atom is 0.247 e. The van der Waals surface area contributed by atoms with Crippen molar-refractivity contribution in [2.75, 3.05) is 68.3 Å². The number of ether oxygens (including phenoxy) is 1. The molecule has 0 spiro atoms. The molecule has 0 atom stereocenters. The number of carbonyl (C=O) groups is 1. The summed E-state index contributed by atoms with van der Waals surface area (Å²) >= 11 is 0. The van der Waals surface area contributed by atoms with Crippen molar-refractivity contribution in [1.82, 2.24) is 14.9 Å². The van der Waals surface area contributed by atoms with Crippen LogP contribution in [0.25, 0.3) is 5.57 Å². The molecule has 0 radical (unpaired) electrons. The summed E-state index contributed by atoms with van der Waals surface area (Å²) < 4.78 is 5.75. The van der Waals surface area contributed by atoms with Crippen LogP contribution in [-0.2, 0) is 4.79 Å². The molecular weight excluding hydrogens is 502 g/mol. The van der Waals surface area contributed by atoms with Crippen molar-refractivity contribution in [3.63, 3.8) is 0 Å². The Kier molecular flexibility index (Phi) is 8.02. The summed E-state index contributed by atoms with van der Waals surface area (Å²) in [5.41, 5.74) is 6.49. The average Bonchev–Trinajstić information content (AvgIpc) is 3.81. The maximum atomic E-state index is 12.3. The molecule has 3 aromatic rings. The fourth-order valence-corrected chi connectivity index (χ4v) is 4.92. The topological polar surface area (TPSA) is 85.9 Å². The molecule has 1 aliphatic carbocycles. The second kappa shape index (κ2) is 11.8. The van der Waals surface area contributed by atoms with Crippen LogP contribution < -0.4 is 25.2 Å². The molecule has 5 rings (SSSR count). The summed E-state index contributed by atoms with van der Waals surface area (Å²) in [6.07, 6.45) is 7.78. The Morgan fingerprint density at radius 1 is 1.15 bits per heavy atom. The highest BCUT2D eigenvalue weighted by molar-refractivity contribution is 6.02. The van der Waals surface area contributed by atoms with Crippen molar-refractivity contribution in [2.45, 2.75) is 18.9 Å². The van der Waals surface area contributed by atoms with Crippen LogP contribution in [-0.4, -0.2) is 74.7 Å². The van der Waals surface area contributed by atoms with Crippen molar-refractivity contribution >= 4 is 40.2 Å². The maximum absolute atomic E-state index is 12.3. The molecule has 9 heteroatoms. The van der Waals surface area contributed by atoms with E-state index in [0.29, 0.717) is 29.1 Å². The highest BCUT2D eigenvalue weighted by atomic mass is 16.5. The molecule has 1 saturated carbocycles. The Hall–Kier alpha value is -4.37. The number of hydrogen-bond donors (Lipinski definition) is 2. The van der Waals surface area contributed by atoms with E-state index in [4.69, 9.17) is 9.72 Å². The largest absolute Gasteiger partial charge is 0.494 e. The van der Waals surface area contributed by atoms with E-state index < -0.39 is 0 Å². The fourth-order valence-electron chi connectivity index (χ4n) is 4.92. The number of rotatable bonds is 11. The van der Waals surface area contributed by atoms with E-state index in [2.05, 4.69) is 67.2 Å². The fraction of sp³-hybridized carbons (Fsp3) is 0.323. The quantitative estimate of drug-likeness (QED) is 0.337. The molecule has 2 aromatic carbocycles. The minimum absolute atomic E-state index is 0.292. The molecule has 1 fully saturated rings. The summed E-state index contributed by atoms with van der Waals surface area (Å²) in [6, 6.07) is 14.9. The zero-order valence-corrected chi connectivity index (χ0v) is 23.6. The highest BCUT2D eigenvalue weighted by Gasteiger charge is 2.32. The van der Waals surface area contributed by atoms with Crippen molar-refractivity contribution in [3.05, 3.63) is 78.6 Å². The number of benzene rings is 2. The lowest BCUT2D eigenvalue weighted by Crippen LogP contribution is -2.29. The summed E-state index contributed by atoms with van der Waals surface area (Å²) in [5.74, 6) is 0.757. The number of nitrogens with one attached hydrogen (secondary N) is 2. The Morgan fingerprint density at radius 2 is 1.95 bits per heavy atom. The van der Waals surface area contributed by atoms with Crippen LogP contribution in [0, 0.1) is 0 Å². The first-order valence-corrected chi connectivity index (χ1v) is 13.6. The van der Waals surface area contributed by atoms with Gasteiger partial charge in [-0.05, 0) is 51.2 Å². The first-order chi connectivity index (χ1) is 19.4. The van der Waals surface area contributed by atoms with Crippen LogP contribution >= 0.6 is 0 Å². The van der Waals surface area contributed by atoms with Crippen LogP contribution in [0.15, 0.2) is 67.4 Å². The molecule has 9 nitrogen and oxygen atoms in total. The van der Waals surface area contributed by atoms with Crippen molar-refractivity contribution in [3.8, 4) is 5.75 Å². The van der Waals surface area contributed by atoms with Gasteiger partial charge in [0.15, 0.2) is 0 Å². The number of amides is 1. The molecule has 0 bridgehead atoms. The zero-order valence-electron chi connectivity index (χ0n) is 23.6. The normalized spacial score (nSPS) is 14.3. The van der Waals surface area contributed by atoms with Crippen LogP contribution in [0.5, 0.6) is 5.75 Å². The number of para-hydroxylation sites is 1. The lowest BCUT2D eigenvalue weighted by atomic mass is 9.96. The third kappa shape index (κ3) is 5.94. The number of carbonyl (C=O) groups excluding carboxylic acids is 1. The Balaban J connectivity index is 1.46. The summed E-state index contributed by atoms with van der Waals surface area (Å²) in [6.45, 7) is 6.09. The van der Waals surface area contributed by atoms with E-state index in [1.54, 1.807) is 13.3 Å². The summed E-state index contributed by atoms with van der Waals surface area (Å²) in [7, 11) is 7.67. The first kappa shape index (κ1) is 27.2. The summed E-state index contributed by atoms with van der Waals surface area (Å²) in [4.78, 5) is 28.3. The minimum atomic E-state index is -0.292. The third-order valence-electron chi connectivity index (χ3n) is 7.22. The Morgan fingerprint density at radius 3 is 2.67 bits per heavy atom. The van der Waals surface area contributed by atoms with Crippen molar-refractivity contribution < 1.29 is 9.53 Å². The standard InChI is InChI=1S/C31H37N7O2/c1-6-30(39)33-25-19-26(29(40-5)20-28(25)37(4)18-17-36(2)3)35-31-32-15-13-24(34-31)22-14-16-38(21-11-12-21)27-10-8-7-9-23(22)27/h6-10,13-15,19-21H,1,11-12,16-18H2,2-5H3,(H,33,39)(H,32,34,35). The molecule has 1 amide bonds. The van der Waals surface area contributed by atoms with Gasteiger partial charge in [0.25, 0.3) is 0 Å². The van der Waals surface area contributed by atoms with Gasteiger partial charge in [0.05, 0.1) is 29.9 Å². The zero-order chi connectivity index (χ0) is 28.2. The van der Waals surface area contributed by atoms with Gasteiger partial charge in [0, 0.05) is 61.8 Å². The van der Waals surface area contributed by atoms with Crippen molar-refractivity contribution in [2.24, 2.45) is 0 Å². The number of likely N-dealkylation sites (N-methyl/N-ethyl adjacent to an activating group) is 2. The molecule has 2 aliphatic rings. The number of anilines is 5. The third-order valence-corrected chi connectivity index (χ3v) is 7.22. The Bertz CT molecular complexity index is 1430. The minimum Gasteiger partial charge on any atom is -0.494 e. The first-order valence-electron chi connectivity index (χ1n) is 13.6. The smallest absolute Gasteiger partial charge is 0.247 e. The van der Waals surface area contributed by atoms with Gasteiger partial charge in [-0.3, -0.25) is 4.79 Å². The van der Waals surface area contributed by atoms with Gasteiger partial charge in [-0.2, -0.15) is 0 Å². The number of fused-ring (bicyclic) bond motifs is 1. The molecule has 0 unspecified atom stereocenters. The highest BCUT2D eigenvalue weighted by Crippen LogP contribution is 2.41. The number of aromatic nitrogens is 2. The van der Waals surface area contributed by atoms with E-state index in [-0.39, 0.29) is 5.91 Å². The lowest BCUT2D eigenvalue weighted by Gasteiger charge is -2.31. The lowest BCUT2D eigenvalue weighted by molar-refractivity contribution is -0.111. The van der Waals surface area contributed by atoms with Gasteiger partial charge in [0.1, 0.15) is 5.75 Å². The molecule has 1 aliphatic heterocycles. The monoisotopic (exact) mass is 539 g/mol. The molecule has 1 aromatic heterocycles. The van der Waals surface area contributed by atoms with E-state index in [9.17, 15) is 4.79 Å². The van der Waals surface area contributed by atoms with E-state index in [1.807, 2.05) is 39.3 Å². The molecule has 2 heterocycles. The van der Waals surface area contributed by atoms with Gasteiger partial charge in [-0.15, -0.1) is 0 Å². The number of hydrogen-bond acceptors (Lipinski definition) is 8. The molecular formula is C31H37N7O2. The Labute approximate surface area is 236 Å². The summed E-state index contributed by atoms with van der Waals surface area (Å²) in [5, 5.41) is 6.26. The predicted molar refractivity (Wildman–Crippen MR) is 163 cm³/mol. The molecule has 208 valence electrons. The van der Waals surface area contributed by atoms with E-state index in [0.717, 1.165) is 36.6 Å².